The van der Waals surface area contributed by atoms with Crippen molar-refractivity contribution in [3.63, 3.8) is 0 Å². The highest BCUT2D eigenvalue weighted by molar-refractivity contribution is 7.99. The third kappa shape index (κ3) is 3.10. The van der Waals surface area contributed by atoms with Crippen LogP contribution in [0, 0.1) is 11.6 Å². The quantitative estimate of drug-likeness (QED) is 0.507. The highest BCUT2D eigenvalue weighted by Crippen LogP contribution is 2.47. The molecule has 5 heterocycles. The van der Waals surface area contributed by atoms with E-state index in [0.29, 0.717) is 57.6 Å². The zero-order valence-corrected chi connectivity index (χ0v) is 19.5. The molecule has 3 fully saturated rings. The predicted octanol–water partition coefficient (Wildman–Crippen LogP) is 4.08. The van der Waals surface area contributed by atoms with Gasteiger partial charge < -0.3 is 9.80 Å². The Morgan fingerprint density at radius 3 is 2.71 bits per heavy atom. The zero-order valence-electron chi connectivity index (χ0n) is 17.9. The van der Waals surface area contributed by atoms with Crippen LogP contribution >= 0.6 is 23.4 Å². The smallest absolute Gasteiger partial charge is 0.350 e. The van der Waals surface area contributed by atoms with Crippen molar-refractivity contribution in [3.05, 3.63) is 64.1 Å². The number of piperazine rings is 1. The van der Waals surface area contributed by atoms with Crippen LogP contribution in [-0.4, -0.2) is 51.3 Å². The molecule has 0 saturated carbocycles. The van der Waals surface area contributed by atoms with E-state index in [2.05, 4.69) is 11.6 Å². The van der Waals surface area contributed by atoms with E-state index >= 15 is 0 Å². The Labute approximate surface area is 202 Å². The molecule has 1 amide bonds. The number of nitrogens with zero attached hydrogens (tertiary/aromatic N) is 4. The normalized spacial score (nSPS) is 20.9. The number of piperidine rings is 1. The maximum atomic E-state index is 14.7. The summed E-state index contributed by atoms with van der Waals surface area (Å²) < 4.78 is 29.9. The number of thioether (sulfide) groups is 1. The van der Waals surface area contributed by atoms with Gasteiger partial charge in [0.25, 0.3) is 0 Å². The molecular formula is C24H19ClF2N4O2S. The van der Waals surface area contributed by atoms with Crippen LogP contribution in [-0.2, 0) is 11.3 Å². The van der Waals surface area contributed by atoms with E-state index in [1.165, 1.54) is 30.0 Å². The number of rotatable bonds is 3. The molecule has 10 heteroatoms. The van der Waals surface area contributed by atoms with Gasteiger partial charge in [0.05, 0.1) is 22.6 Å². The van der Waals surface area contributed by atoms with Crippen LogP contribution in [0.5, 0.6) is 0 Å². The topological polar surface area (TPSA) is 58.4 Å². The van der Waals surface area contributed by atoms with Crippen molar-refractivity contribution >= 4 is 46.0 Å². The van der Waals surface area contributed by atoms with Gasteiger partial charge in [0.1, 0.15) is 17.5 Å². The average Bonchev–Trinajstić information content (AvgIpc) is 2.82. The maximum Gasteiger partial charge on any atom is 0.350 e. The van der Waals surface area contributed by atoms with E-state index in [0.717, 1.165) is 12.5 Å². The molecule has 34 heavy (non-hydrogen) atoms. The second-order valence-corrected chi connectivity index (χ2v) is 10.2. The van der Waals surface area contributed by atoms with Crippen LogP contribution in [0.25, 0.3) is 22.0 Å². The highest BCUT2D eigenvalue weighted by atomic mass is 35.5. The van der Waals surface area contributed by atoms with Crippen LogP contribution in [0.3, 0.4) is 0 Å². The van der Waals surface area contributed by atoms with Gasteiger partial charge in [0.15, 0.2) is 0 Å². The molecule has 0 aliphatic carbocycles. The molecule has 4 aliphatic rings. The van der Waals surface area contributed by atoms with E-state index in [4.69, 9.17) is 11.6 Å². The number of carbonyl (C=O) groups is 1. The molecule has 2 aromatic carbocycles. The molecule has 1 aromatic heterocycles. The standard InChI is InChI=1S/C24H19ClF2N4O2S/c1-2-19(32)31-13-8-14(31)11-29(10-13)23-16-9-17(25)20(15-4-3-12(26)7-18(15)27)22-21(16)30(5-6-34-22)24(33)28-23/h2-4,7,9,13-14H,1,5-6,8,10-11H2. The van der Waals surface area contributed by atoms with Gasteiger partial charge in [-0.05, 0) is 30.7 Å². The SMILES string of the molecule is C=CC(=O)N1C2CC1CN(c1nc(=O)n3c4c(c(-c5ccc(F)cc5F)c(Cl)cc14)SCC3)C2. The summed E-state index contributed by atoms with van der Waals surface area (Å²) in [5, 5.41) is 1.02. The van der Waals surface area contributed by atoms with Gasteiger partial charge in [-0.3, -0.25) is 9.36 Å². The summed E-state index contributed by atoms with van der Waals surface area (Å²) in [5.74, 6) is -0.346. The summed E-state index contributed by atoms with van der Waals surface area (Å²) >= 11 is 8.21. The first-order chi connectivity index (χ1) is 16.4. The fraction of sp³-hybridized carbons (Fsp3) is 0.292. The summed E-state index contributed by atoms with van der Waals surface area (Å²) in [5.41, 5.74) is 0.918. The number of halogens is 3. The molecule has 3 saturated heterocycles. The van der Waals surface area contributed by atoms with Crippen molar-refractivity contribution in [2.75, 3.05) is 23.7 Å². The first kappa shape index (κ1) is 21.6. The van der Waals surface area contributed by atoms with Crippen LogP contribution in [0.15, 0.2) is 46.6 Å². The summed E-state index contributed by atoms with van der Waals surface area (Å²) in [7, 11) is 0. The minimum absolute atomic E-state index is 0.0355. The molecular weight excluding hydrogens is 482 g/mol. The third-order valence-electron chi connectivity index (χ3n) is 6.83. The minimum atomic E-state index is -0.713. The Morgan fingerprint density at radius 1 is 1.24 bits per heavy atom. The molecule has 2 bridgehead atoms. The average molecular weight is 501 g/mol. The number of carbonyl (C=O) groups excluding carboxylic acids is 1. The van der Waals surface area contributed by atoms with Crippen molar-refractivity contribution in [2.45, 2.75) is 29.9 Å². The monoisotopic (exact) mass is 500 g/mol. The molecule has 2 unspecified atom stereocenters. The van der Waals surface area contributed by atoms with E-state index in [1.54, 1.807) is 10.6 Å². The van der Waals surface area contributed by atoms with E-state index < -0.39 is 11.6 Å². The molecule has 174 valence electrons. The first-order valence-electron chi connectivity index (χ1n) is 10.9. The van der Waals surface area contributed by atoms with Gasteiger partial charge in [-0.25, -0.2) is 13.6 Å². The number of anilines is 1. The number of hydrogen-bond acceptors (Lipinski definition) is 5. The van der Waals surface area contributed by atoms with E-state index in [1.807, 2.05) is 9.80 Å². The summed E-state index contributed by atoms with van der Waals surface area (Å²) in [6, 6.07) is 5.19. The Morgan fingerprint density at radius 2 is 2.00 bits per heavy atom. The molecule has 0 spiro atoms. The maximum absolute atomic E-state index is 14.7. The van der Waals surface area contributed by atoms with Gasteiger partial charge in [0, 0.05) is 52.9 Å². The summed E-state index contributed by atoms with van der Waals surface area (Å²) in [6.07, 6.45) is 2.23. The van der Waals surface area contributed by atoms with E-state index in [9.17, 15) is 18.4 Å². The minimum Gasteiger partial charge on any atom is -0.352 e. The van der Waals surface area contributed by atoms with Crippen molar-refractivity contribution in [1.82, 2.24) is 14.5 Å². The summed E-state index contributed by atoms with van der Waals surface area (Å²) in [4.78, 5) is 34.2. The van der Waals surface area contributed by atoms with Crippen molar-refractivity contribution in [2.24, 2.45) is 0 Å². The fourth-order valence-electron chi connectivity index (χ4n) is 5.38. The van der Waals surface area contributed by atoms with Gasteiger partial charge in [0.2, 0.25) is 5.91 Å². The predicted molar refractivity (Wildman–Crippen MR) is 129 cm³/mol. The Kier molecular flexibility index (Phi) is 4.97. The van der Waals surface area contributed by atoms with Gasteiger partial charge >= 0.3 is 5.69 Å². The molecule has 6 nitrogen and oxygen atoms in total. The van der Waals surface area contributed by atoms with Crippen LogP contribution < -0.4 is 10.6 Å². The van der Waals surface area contributed by atoms with Crippen LogP contribution in [0.1, 0.15) is 6.42 Å². The number of fused-ring (bicyclic) bond motifs is 2. The molecule has 0 radical (unpaired) electrons. The van der Waals surface area contributed by atoms with Crippen molar-refractivity contribution in [3.8, 4) is 11.1 Å². The molecule has 3 aromatic rings. The van der Waals surface area contributed by atoms with Crippen LogP contribution in [0.4, 0.5) is 14.6 Å². The lowest BCUT2D eigenvalue weighted by Gasteiger charge is -2.56. The Hall–Kier alpha value is -2.91. The van der Waals surface area contributed by atoms with Gasteiger partial charge in [-0.1, -0.05) is 18.2 Å². The number of hydrogen-bond donors (Lipinski definition) is 0. The Balaban J connectivity index is 1.52. The van der Waals surface area contributed by atoms with Gasteiger partial charge in [-0.2, -0.15) is 4.98 Å². The Bertz CT molecular complexity index is 1450. The second kappa shape index (κ2) is 7.81. The zero-order chi connectivity index (χ0) is 23.7. The third-order valence-corrected chi connectivity index (χ3v) is 8.20. The lowest BCUT2D eigenvalue weighted by atomic mass is 9.87. The second-order valence-electron chi connectivity index (χ2n) is 8.70. The molecule has 2 atom stereocenters. The molecule has 4 aliphatic heterocycles. The molecule has 0 N–H and O–H groups in total. The van der Waals surface area contributed by atoms with Crippen molar-refractivity contribution < 1.29 is 13.6 Å². The lowest BCUT2D eigenvalue weighted by Crippen LogP contribution is -2.70. The lowest BCUT2D eigenvalue weighted by molar-refractivity contribution is -0.140. The molecule has 7 rings (SSSR count). The fourth-order valence-corrected chi connectivity index (χ4v) is 6.94. The highest BCUT2D eigenvalue weighted by Gasteiger charge is 2.47. The number of aromatic nitrogens is 2. The number of amides is 1. The van der Waals surface area contributed by atoms with E-state index in [-0.39, 0.29) is 29.2 Å². The number of aryl methyl sites for hydroxylation is 1. The number of benzene rings is 2. The van der Waals surface area contributed by atoms with Gasteiger partial charge in [-0.15, -0.1) is 11.8 Å². The largest absolute Gasteiger partial charge is 0.352 e. The van der Waals surface area contributed by atoms with Crippen molar-refractivity contribution in [1.29, 1.82) is 0 Å². The first-order valence-corrected chi connectivity index (χ1v) is 12.3. The summed E-state index contributed by atoms with van der Waals surface area (Å²) in [6.45, 7) is 5.16. The van der Waals surface area contributed by atoms with Crippen LogP contribution in [0.2, 0.25) is 5.02 Å².